The lowest BCUT2D eigenvalue weighted by Gasteiger charge is -2.15. The molecule has 1 unspecified atom stereocenters. The first-order valence-electron chi connectivity index (χ1n) is 5.58. The maximum absolute atomic E-state index is 5.66. The van der Waals surface area contributed by atoms with Crippen LogP contribution in [0.5, 0.6) is 0 Å². The Labute approximate surface area is 99.7 Å². The minimum Gasteiger partial charge on any atom is -0.384 e. The SMILES string of the molecule is CCNC(Cc1ccnc(N)c1)c1ncn[nH]1. The van der Waals surface area contributed by atoms with Crippen molar-refractivity contribution < 1.29 is 0 Å². The lowest BCUT2D eigenvalue weighted by Crippen LogP contribution is -2.24. The van der Waals surface area contributed by atoms with Crippen LogP contribution < -0.4 is 11.1 Å². The molecule has 0 saturated carbocycles. The lowest BCUT2D eigenvalue weighted by molar-refractivity contribution is 0.523. The summed E-state index contributed by atoms with van der Waals surface area (Å²) in [4.78, 5) is 8.16. The first kappa shape index (κ1) is 11.5. The highest BCUT2D eigenvalue weighted by Gasteiger charge is 2.13. The van der Waals surface area contributed by atoms with Crippen molar-refractivity contribution in [3.63, 3.8) is 0 Å². The van der Waals surface area contributed by atoms with Crippen molar-refractivity contribution in [2.24, 2.45) is 0 Å². The van der Waals surface area contributed by atoms with Crippen LogP contribution in [-0.2, 0) is 6.42 Å². The number of pyridine rings is 1. The van der Waals surface area contributed by atoms with Crippen molar-refractivity contribution in [3.8, 4) is 0 Å². The summed E-state index contributed by atoms with van der Waals surface area (Å²) in [5.74, 6) is 1.37. The molecule has 0 saturated heterocycles. The molecule has 6 heteroatoms. The van der Waals surface area contributed by atoms with Gasteiger partial charge in [-0.1, -0.05) is 6.92 Å². The summed E-state index contributed by atoms with van der Waals surface area (Å²) in [6.45, 7) is 2.93. The summed E-state index contributed by atoms with van der Waals surface area (Å²) >= 11 is 0. The number of nitrogens with zero attached hydrogens (tertiary/aromatic N) is 3. The highest BCUT2D eigenvalue weighted by Crippen LogP contribution is 2.15. The summed E-state index contributed by atoms with van der Waals surface area (Å²) < 4.78 is 0. The number of hydrogen-bond donors (Lipinski definition) is 3. The van der Waals surface area contributed by atoms with Gasteiger partial charge in [-0.25, -0.2) is 9.97 Å². The van der Waals surface area contributed by atoms with Gasteiger partial charge in [0.2, 0.25) is 0 Å². The molecule has 4 N–H and O–H groups in total. The Morgan fingerprint density at radius 3 is 3.00 bits per heavy atom. The minimum absolute atomic E-state index is 0.115. The molecule has 90 valence electrons. The molecular weight excluding hydrogens is 216 g/mol. The predicted octanol–water partition coefficient (Wildman–Crippen LogP) is 0.675. The normalized spacial score (nSPS) is 12.5. The molecule has 2 aromatic heterocycles. The zero-order valence-corrected chi connectivity index (χ0v) is 9.72. The van der Waals surface area contributed by atoms with E-state index in [9.17, 15) is 0 Å². The Balaban J connectivity index is 2.13. The number of aromatic amines is 1. The molecular formula is C11H16N6. The van der Waals surface area contributed by atoms with Gasteiger partial charge in [0.25, 0.3) is 0 Å². The number of aromatic nitrogens is 4. The molecule has 0 bridgehead atoms. The van der Waals surface area contributed by atoms with Gasteiger partial charge in [0.15, 0.2) is 0 Å². The molecule has 0 radical (unpaired) electrons. The van der Waals surface area contributed by atoms with E-state index < -0.39 is 0 Å². The Bertz CT molecular complexity index is 453. The third-order valence-electron chi connectivity index (χ3n) is 2.50. The number of anilines is 1. The quantitative estimate of drug-likeness (QED) is 0.704. The fraction of sp³-hybridized carbons (Fsp3) is 0.364. The zero-order chi connectivity index (χ0) is 12.1. The van der Waals surface area contributed by atoms with Crippen molar-refractivity contribution in [2.75, 3.05) is 12.3 Å². The third kappa shape index (κ3) is 3.01. The van der Waals surface area contributed by atoms with Gasteiger partial charge in [-0.2, -0.15) is 5.10 Å². The van der Waals surface area contributed by atoms with E-state index in [2.05, 4.69) is 32.4 Å². The molecule has 0 fully saturated rings. The van der Waals surface area contributed by atoms with E-state index in [1.165, 1.54) is 6.33 Å². The summed E-state index contributed by atoms with van der Waals surface area (Å²) in [6, 6.07) is 3.95. The van der Waals surface area contributed by atoms with Crippen molar-refractivity contribution in [1.82, 2.24) is 25.5 Å². The average molecular weight is 232 g/mol. The molecule has 2 aromatic rings. The molecule has 0 aliphatic carbocycles. The molecule has 1 atom stereocenters. The highest BCUT2D eigenvalue weighted by atomic mass is 15.2. The van der Waals surface area contributed by atoms with E-state index in [0.29, 0.717) is 5.82 Å². The smallest absolute Gasteiger partial charge is 0.141 e. The number of nitrogens with two attached hydrogens (primary N) is 1. The van der Waals surface area contributed by atoms with Crippen LogP contribution >= 0.6 is 0 Å². The predicted molar refractivity (Wildman–Crippen MR) is 65.2 cm³/mol. The van der Waals surface area contributed by atoms with E-state index in [1.807, 2.05) is 12.1 Å². The first-order chi connectivity index (χ1) is 8.29. The van der Waals surface area contributed by atoms with E-state index in [4.69, 9.17) is 5.73 Å². The van der Waals surface area contributed by atoms with Gasteiger partial charge < -0.3 is 11.1 Å². The third-order valence-corrected chi connectivity index (χ3v) is 2.50. The van der Waals surface area contributed by atoms with Crippen LogP contribution in [0.25, 0.3) is 0 Å². The minimum atomic E-state index is 0.115. The Hall–Kier alpha value is -1.95. The van der Waals surface area contributed by atoms with Gasteiger partial charge in [-0.15, -0.1) is 0 Å². The van der Waals surface area contributed by atoms with Gasteiger partial charge in [0.1, 0.15) is 18.0 Å². The zero-order valence-electron chi connectivity index (χ0n) is 9.72. The number of likely N-dealkylation sites (N-methyl/N-ethyl adjacent to an activating group) is 1. The molecule has 0 amide bonds. The maximum Gasteiger partial charge on any atom is 0.141 e. The number of nitrogens with one attached hydrogen (secondary N) is 2. The van der Waals surface area contributed by atoms with Crippen molar-refractivity contribution >= 4 is 5.82 Å². The molecule has 6 nitrogen and oxygen atoms in total. The van der Waals surface area contributed by atoms with Crippen molar-refractivity contribution in [3.05, 3.63) is 36.0 Å². The fourth-order valence-corrected chi connectivity index (χ4v) is 1.75. The average Bonchev–Trinajstić information content (AvgIpc) is 2.82. The van der Waals surface area contributed by atoms with E-state index in [0.717, 1.165) is 24.4 Å². The van der Waals surface area contributed by atoms with Gasteiger partial charge in [-0.3, -0.25) is 5.10 Å². The van der Waals surface area contributed by atoms with Crippen LogP contribution in [0.4, 0.5) is 5.82 Å². The first-order valence-corrected chi connectivity index (χ1v) is 5.58. The number of nitrogen functional groups attached to an aromatic ring is 1. The van der Waals surface area contributed by atoms with Gasteiger partial charge in [0, 0.05) is 6.20 Å². The van der Waals surface area contributed by atoms with Crippen LogP contribution in [-0.4, -0.2) is 26.7 Å². The van der Waals surface area contributed by atoms with Crippen LogP contribution in [0, 0.1) is 0 Å². The molecule has 0 spiro atoms. The summed E-state index contributed by atoms with van der Waals surface area (Å²) in [5.41, 5.74) is 6.78. The molecule has 2 heterocycles. The Kier molecular flexibility index (Phi) is 3.66. The molecule has 0 aliphatic rings. The van der Waals surface area contributed by atoms with Crippen LogP contribution in [0.2, 0.25) is 0 Å². The fourth-order valence-electron chi connectivity index (χ4n) is 1.75. The molecule has 0 aliphatic heterocycles. The number of H-pyrrole nitrogens is 1. The molecule has 17 heavy (non-hydrogen) atoms. The standard InChI is InChI=1S/C11H16N6/c1-2-13-9(11-15-7-16-17-11)5-8-3-4-14-10(12)6-8/h3-4,6-7,9,13H,2,5H2,1H3,(H2,12,14)(H,15,16,17). The summed E-state index contributed by atoms with van der Waals surface area (Å²) in [5, 5.41) is 10.1. The number of hydrogen-bond acceptors (Lipinski definition) is 5. The highest BCUT2D eigenvalue weighted by molar-refractivity contribution is 5.32. The Morgan fingerprint density at radius 1 is 1.47 bits per heavy atom. The monoisotopic (exact) mass is 232 g/mol. The van der Waals surface area contributed by atoms with Crippen LogP contribution in [0.1, 0.15) is 24.4 Å². The second kappa shape index (κ2) is 5.40. The second-order valence-corrected chi connectivity index (χ2v) is 3.77. The molecule has 0 aromatic carbocycles. The van der Waals surface area contributed by atoms with E-state index in [-0.39, 0.29) is 6.04 Å². The lowest BCUT2D eigenvalue weighted by atomic mass is 10.1. The van der Waals surface area contributed by atoms with Crippen molar-refractivity contribution in [1.29, 1.82) is 0 Å². The summed E-state index contributed by atoms with van der Waals surface area (Å²) in [6.07, 6.45) is 4.03. The largest absolute Gasteiger partial charge is 0.384 e. The molecule has 2 rings (SSSR count). The summed E-state index contributed by atoms with van der Waals surface area (Å²) in [7, 11) is 0. The van der Waals surface area contributed by atoms with Crippen LogP contribution in [0.15, 0.2) is 24.7 Å². The van der Waals surface area contributed by atoms with Gasteiger partial charge in [-0.05, 0) is 30.7 Å². The Morgan fingerprint density at radius 2 is 2.35 bits per heavy atom. The van der Waals surface area contributed by atoms with Crippen LogP contribution in [0.3, 0.4) is 0 Å². The van der Waals surface area contributed by atoms with E-state index in [1.54, 1.807) is 6.20 Å². The topological polar surface area (TPSA) is 92.5 Å². The van der Waals surface area contributed by atoms with Gasteiger partial charge in [0.05, 0.1) is 6.04 Å². The van der Waals surface area contributed by atoms with E-state index >= 15 is 0 Å². The van der Waals surface area contributed by atoms with Gasteiger partial charge >= 0.3 is 0 Å². The van der Waals surface area contributed by atoms with Crippen molar-refractivity contribution in [2.45, 2.75) is 19.4 Å². The number of rotatable bonds is 5. The second-order valence-electron chi connectivity index (χ2n) is 3.77. The maximum atomic E-state index is 5.66.